The number of hydrogen-bond donors (Lipinski definition) is 2. The van der Waals surface area contributed by atoms with Crippen molar-refractivity contribution in [2.24, 2.45) is 11.7 Å². The first-order chi connectivity index (χ1) is 9.83. The van der Waals surface area contributed by atoms with Crippen molar-refractivity contribution in [3.63, 3.8) is 0 Å². The van der Waals surface area contributed by atoms with Crippen LogP contribution in [-0.2, 0) is 0 Å². The maximum Gasteiger partial charge on any atom is 0.188 e. The van der Waals surface area contributed by atoms with Crippen molar-refractivity contribution >= 4 is 22.3 Å². The Hall–Kier alpha value is -1.53. The van der Waals surface area contributed by atoms with Gasteiger partial charge < -0.3 is 11.1 Å². The summed E-state index contributed by atoms with van der Waals surface area (Å²) >= 11 is 1.57. The summed E-state index contributed by atoms with van der Waals surface area (Å²) in [5.74, 6) is 1.29. The number of nitrogens with two attached hydrogens (primary N) is 1. The highest BCUT2D eigenvalue weighted by atomic mass is 32.1. The van der Waals surface area contributed by atoms with Gasteiger partial charge in [-0.05, 0) is 18.8 Å². The van der Waals surface area contributed by atoms with Crippen LogP contribution in [0, 0.1) is 5.92 Å². The molecule has 1 saturated carbocycles. The van der Waals surface area contributed by atoms with E-state index in [1.165, 1.54) is 32.1 Å². The van der Waals surface area contributed by atoms with Crippen LogP contribution in [-0.4, -0.2) is 15.0 Å². The fraction of sp³-hybridized carbons (Fsp3) is 0.500. The summed E-state index contributed by atoms with van der Waals surface area (Å²) in [6.45, 7) is 0. The average Bonchev–Trinajstić information content (AvgIpc) is 2.97. The summed E-state index contributed by atoms with van der Waals surface area (Å²) in [5, 5.41) is 6.04. The lowest BCUT2D eigenvalue weighted by atomic mass is 9.83. The van der Waals surface area contributed by atoms with Gasteiger partial charge in [0.15, 0.2) is 10.9 Å². The van der Waals surface area contributed by atoms with Gasteiger partial charge in [0.2, 0.25) is 0 Å². The van der Waals surface area contributed by atoms with E-state index in [4.69, 9.17) is 5.73 Å². The quantitative estimate of drug-likeness (QED) is 0.903. The van der Waals surface area contributed by atoms with Gasteiger partial charge in [-0.3, -0.25) is 4.98 Å². The summed E-state index contributed by atoms with van der Waals surface area (Å²) in [6.07, 6.45) is 11.4. The number of thiazole rings is 1. The van der Waals surface area contributed by atoms with Gasteiger partial charge in [-0.1, -0.05) is 19.3 Å². The number of rotatable bonds is 4. The summed E-state index contributed by atoms with van der Waals surface area (Å²) in [7, 11) is 0. The molecule has 0 bridgehead atoms. The first-order valence-electron chi connectivity index (χ1n) is 7.07. The Balaban J connectivity index is 1.66. The van der Waals surface area contributed by atoms with Crippen LogP contribution in [0.3, 0.4) is 0 Å². The molecule has 20 heavy (non-hydrogen) atoms. The van der Waals surface area contributed by atoms with Gasteiger partial charge in [-0.15, -0.1) is 11.3 Å². The molecule has 3 rings (SSSR count). The highest BCUT2D eigenvalue weighted by molar-refractivity contribution is 7.13. The first-order valence-corrected chi connectivity index (χ1v) is 7.95. The molecule has 6 heteroatoms. The Morgan fingerprint density at radius 2 is 2.10 bits per heavy atom. The topological polar surface area (TPSA) is 76.7 Å². The maximum atomic E-state index is 6.36. The molecule has 0 aliphatic heterocycles. The predicted molar refractivity (Wildman–Crippen MR) is 80.9 cm³/mol. The zero-order valence-electron chi connectivity index (χ0n) is 11.3. The molecule has 5 nitrogen and oxygen atoms in total. The Labute approximate surface area is 122 Å². The number of aromatic nitrogens is 3. The SMILES string of the molecule is NC(c1csc(Nc2cnccn2)n1)C1CCCCC1. The minimum absolute atomic E-state index is 0.0592. The molecule has 1 fully saturated rings. The molecule has 2 aromatic heterocycles. The van der Waals surface area contributed by atoms with E-state index in [1.807, 2.05) is 0 Å². The molecule has 0 aromatic carbocycles. The van der Waals surface area contributed by atoms with E-state index in [2.05, 4.69) is 25.6 Å². The zero-order valence-corrected chi connectivity index (χ0v) is 12.1. The molecule has 2 heterocycles. The Kier molecular flexibility index (Phi) is 4.22. The molecule has 1 aliphatic carbocycles. The van der Waals surface area contributed by atoms with Crippen molar-refractivity contribution in [2.45, 2.75) is 38.1 Å². The summed E-state index contributed by atoms with van der Waals surface area (Å²) < 4.78 is 0. The third kappa shape index (κ3) is 3.13. The number of hydrogen-bond acceptors (Lipinski definition) is 6. The van der Waals surface area contributed by atoms with E-state index < -0.39 is 0 Å². The number of nitrogens with zero attached hydrogens (tertiary/aromatic N) is 3. The minimum Gasteiger partial charge on any atom is -0.322 e. The largest absolute Gasteiger partial charge is 0.322 e. The molecular formula is C14H19N5S. The molecule has 0 spiro atoms. The van der Waals surface area contributed by atoms with Gasteiger partial charge in [-0.2, -0.15) is 0 Å². The van der Waals surface area contributed by atoms with Crippen LogP contribution in [0.2, 0.25) is 0 Å². The van der Waals surface area contributed by atoms with E-state index in [9.17, 15) is 0 Å². The van der Waals surface area contributed by atoms with Crippen molar-refractivity contribution in [3.8, 4) is 0 Å². The highest BCUT2D eigenvalue weighted by Gasteiger charge is 2.23. The molecule has 2 aromatic rings. The van der Waals surface area contributed by atoms with Gasteiger partial charge in [0, 0.05) is 17.8 Å². The standard InChI is InChI=1S/C14H19N5S/c15-13(10-4-2-1-3-5-10)11-9-20-14(18-11)19-12-8-16-6-7-17-12/h6-10,13H,1-5,15H2,(H,17,18,19). The summed E-state index contributed by atoms with van der Waals surface area (Å²) in [6, 6.07) is 0.0592. The van der Waals surface area contributed by atoms with E-state index in [0.29, 0.717) is 11.7 Å². The second-order valence-electron chi connectivity index (χ2n) is 5.22. The number of anilines is 2. The molecule has 1 aliphatic rings. The van der Waals surface area contributed by atoms with Crippen LogP contribution in [0.1, 0.15) is 43.8 Å². The third-order valence-corrected chi connectivity index (χ3v) is 4.60. The van der Waals surface area contributed by atoms with E-state index >= 15 is 0 Å². The van der Waals surface area contributed by atoms with Gasteiger partial charge in [0.1, 0.15) is 0 Å². The lowest BCUT2D eigenvalue weighted by molar-refractivity contribution is 0.305. The Bertz CT molecular complexity index is 536. The van der Waals surface area contributed by atoms with Crippen LogP contribution in [0.15, 0.2) is 24.0 Å². The second kappa shape index (κ2) is 6.28. The average molecular weight is 289 g/mol. The van der Waals surface area contributed by atoms with Gasteiger partial charge in [0.05, 0.1) is 17.9 Å². The highest BCUT2D eigenvalue weighted by Crippen LogP contribution is 2.34. The molecule has 3 N–H and O–H groups in total. The molecule has 1 atom stereocenters. The Morgan fingerprint density at radius 1 is 1.25 bits per heavy atom. The zero-order chi connectivity index (χ0) is 13.8. The minimum atomic E-state index is 0.0592. The van der Waals surface area contributed by atoms with Crippen molar-refractivity contribution in [1.29, 1.82) is 0 Å². The van der Waals surface area contributed by atoms with Crippen LogP contribution < -0.4 is 11.1 Å². The van der Waals surface area contributed by atoms with E-state index in [1.54, 1.807) is 29.9 Å². The van der Waals surface area contributed by atoms with Crippen molar-refractivity contribution in [2.75, 3.05) is 5.32 Å². The fourth-order valence-corrected chi connectivity index (χ4v) is 3.47. The Morgan fingerprint density at radius 3 is 2.85 bits per heavy atom. The molecule has 0 radical (unpaired) electrons. The smallest absolute Gasteiger partial charge is 0.188 e. The van der Waals surface area contributed by atoms with E-state index in [-0.39, 0.29) is 6.04 Å². The maximum absolute atomic E-state index is 6.36. The fourth-order valence-electron chi connectivity index (χ4n) is 2.70. The predicted octanol–water partition coefficient (Wildman–Crippen LogP) is 3.26. The third-order valence-electron chi connectivity index (χ3n) is 3.82. The molecular weight excluding hydrogens is 270 g/mol. The number of nitrogens with one attached hydrogen (secondary N) is 1. The van der Waals surface area contributed by atoms with Crippen molar-refractivity contribution in [1.82, 2.24) is 15.0 Å². The molecule has 0 saturated heterocycles. The van der Waals surface area contributed by atoms with Gasteiger partial charge >= 0.3 is 0 Å². The van der Waals surface area contributed by atoms with Crippen LogP contribution in [0.4, 0.5) is 10.9 Å². The second-order valence-corrected chi connectivity index (χ2v) is 6.08. The monoisotopic (exact) mass is 289 g/mol. The van der Waals surface area contributed by atoms with Gasteiger partial charge in [-0.25, -0.2) is 9.97 Å². The summed E-state index contributed by atoms with van der Waals surface area (Å²) in [4.78, 5) is 12.8. The van der Waals surface area contributed by atoms with Crippen molar-refractivity contribution in [3.05, 3.63) is 29.7 Å². The van der Waals surface area contributed by atoms with Crippen LogP contribution in [0.5, 0.6) is 0 Å². The lowest BCUT2D eigenvalue weighted by Crippen LogP contribution is -2.23. The molecule has 106 valence electrons. The van der Waals surface area contributed by atoms with E-state index in [0.717, 1.165) is 10.8 Å². The molecule has 1 unspecified atom stereocenters. The summed E-state index contributed by atoms with van der Waals surface area (Å²) in [5.41, 5.74) is 7.36. The van der Waals surface area contributed by atoms with Crippen molar-refractivity contribution < 1.29 is 0 Å². The normalized spacial score (nSPS) is 17.9. The molecule has 0 amide bonds. The lowest BCUT2D eigenvalue weighted by Gasteiger charge is -2.26. The first kappa shape index (κ1) is 13.5. The van der Waals surface area contributed by atoms with Crippen LogP contribution >= 0.6 is 11.3 Å². The van der Waals surface area contributed by atoms with Gasteiger partial charge in [0.25, 0.3) is 0 Å². The van der Waals surface area contributed by atoms with Crippen LogP contribution in [0.25, 0.3) is 0 Å².